The van der Waals surface area contributed by atoms with Gasteiger partial charge in [0.25, 0.3) is 0 Å². The molecule has 26 heavy (non-hydrogen) atoms. The molecule has 0 spiro atoms. The number of aryl methyl sites for hydroxylation is 1. The van der Waals surface area contributed by atoms with Crippen molar-refractivity contribution in [3.8, 4) is 0 Å². The first-order valence-electron chi connectivity index (χ1n) is 8.76. The summed E-state index contributed by atoms with van der Waals surface area (Å²) in [6.45, 7) is 4.15. The summed E-state index contributed by atoms with van der Waals surface area (Å²) in [7, 11) is -3.78. The molecule has 0 amide bonds. The Morgan fingerprint density at radius 2 is 1.62 bits per heavy atom. The van der Waals surface area contributed by atoms with Gasteiger partial charge in [-0.1, -0.05) is 44.2 Å². The number of rotatable bonds is 9. The lowest BCUT2D eigenvalue weighted by Gasteiger charge is -2.26. The highest BCUT2D eigenvalue weighted by atomic mass is 32.2. The first-order chi connectivity index (χ1) is 12.3. The standard InChI is InChI=1S/C20H26FNO3S/c1-16(2)14-22(26(24,25)20-12-9-18(21)10-13-20)15-19(23)11-8-17-6-4-3-5-7-17/h3-7,9-10,12-13,16,19,23H,8,11,14-15H2,1-2H3/t19-/m1/s1. The molecule has 1 atom stereocenters. The van der Waals surface area contributed by atoms with Crippen LogP contribution in [-0.4, -0.2) is 37.0 Å². The average molecular weight is 379 g/mol. The van der Waals surface area contributed by atoms with E-state index in [0.29, 0.717) is 19.4 Å². The Morgan fingerprint density at radius 1 is 1.00 bits per heavy atom. The predicted octanol–water partition coefficient (Wildman–Crippen LogP) is 3.47. The van der Waals surface area contributed by atoms with Gasteiger partial charge >= 0.3 is 0 Å². The van der Waals surface area contributed by atoms with Crippen molar-refractivity contribution in [2.24, 2.45) is 5.92 Å². The zero-order valence-corrected chi connectivity index (χ0v) is 16.0. The minimum Gasteiger partial charge on any atom is -0.392 e. The second-order valence-corrected chi connectivity index (χ2v) is 8.79. The number of benzene rings is 2. The maximum Gasteiger partial charge on any atom is 0.243 e. The van der Waals surface area contributed by atoms with Crippen molar-refractivity contribution in [2.75, 3.05) is 13.1 Å². The summed E-state index contributed by atoms with van der Waals surface area (Å²) in [5.74, 6) is -0.381. The molecule has 0 saturated heterocycles. The summed E-state index contributed by atoms with van der Waals surface area (Å²) < 4.78 is 40.2. The lowest BCUT2D eigenvalue weighted by atomic mass is 10.1. The van der Waals surface area contributed by atoms with Crippen LogP contribution in [0.3, 0.4) is 0 Å². The van der Waals surface area contributed by atoms with Crippen LogP contribution in [0.2, 0.25) is 0 Å². The van der Waals surface area contributed by atoms with E-state index in [-0.39, 0.29) is 17.4 Å². The van der Waals surface area contributed by atoms with Gasteiger partial charge in [0.2, 0.25) is 10.0 Å². The number of hydrogen-bond acceptors (Lipinski definition) is 3. The molecule has 0 fully saturated rings. The van der Waals surface area contributed by atoms with Crippen molar-refractivity contribution < 1.29 is 17.9 Å². The van der Waals surface area contributed by atoms with Crippen molar-refractivity contribution in [3.63, 3.8) is 0 Å². The second-order valence-electron chi connectivity index (χ2n) is 6.85. The normalized spacial score (nSPS) is 13.3. The average Bonchev–Trinajstić information content (AvgIpc) is 2.60. The summed E-state index contributed by atoms with van der Waals surface area (Å²) >= 11 is 0. The number of halogens is 1. The van der Waals surface area contributed by atoms with E-state index >= 15 is 0 Å². The van der Waals surface area contributed by atoms with Gasteiger partial charge in [-0.25, -0.2) is 12.8 Å². The molecule has 4 nitrogen and oxygen atoms in total. The minimum absolute atomic E-state index is 0.0186. The van der Waals surface area contributed by atoms with Crippen molar-refractivity contribution in [1.82, 2.24) is 4.31 Å². The molecule has 2 aromatic carbocycles. The minimum atomic E-state index is -3.78. The number of hydrogen-bond donors (Lipinski definition) is 1. The summed E-state index contributed by atoms with van der Waals surface area (Å²) in [5, 5.41) is 10.4. The molecule has 0 aliphatic carbocycles. The maximum atomic E-state index is 13.1. The van der Waals surface area contributed by atoms with E-state index < -0.39 is 21.9 Å². The highest BCUT2D eigenvalue weighted by molar-refractivity contribution is 7.89. The SMILES string of the molecule is CC(C)CN(C[C@H](O)CCc1ccccc1)S(=O)(=O)c1ccc(F)cc1. The quantitative estimate of drug-likeness (QED) is 0.726. The highest BCUT2D eigenvalue weighted by Gasteiger charge is 2.27. The molecule has 0 saturated carbocycles. The van der Waals surface area contributed by atoms with Gasteiger partial charge in [-0.15, -0.1) is 0 Å². The molecule has 2 aromatic rings. The molecule has 1 N–H and O–H groups in total. The van der Waals surface area contributed by atoms with Crippen molar-refractivity contribution in [2.45, 2.75) is 37.7 Å². The van der Waals surface area contributed by atoms with E-state index in [2.05, 4.69) is 0 Å². The number of sulfonamides is 1. The Morgan fingerprint density at radius 3 is 2.19 bits per heavy atom. The summed E-state index contributed by atoms with van der Waals surface area (Å²) in [6, 6.07) is 14.5. The Balaban J connectivity index is 2.09. The molecular formula is C20H26FNO3S. The highest BCUT2D eigenvalue weighted by Crippen LogP contribution is 2.19. The van der Waals surface area contributed by atoms with Gasteiger partial charge in [0, 0.05) is 13.1 Å². The molecule has 0 aromatic heterocycles. The van der Waals surface area contributed by atoms with E-state index in [1.807, 2.05) is 44.2 Å². The number of aliphatic hydroxyl groups excluding tert-OH is 1. The zero-order valence-electron chi connectivity index (χ0n) is 15.2. The Bertz CT molecular complexity index is 776. The predicted molar refractivity (Wildman–Crippen MR) is 101 cm³/mol. The molecule has 0 radical (unpaired) electrons. The van der Waals surface area contributed by atoms with E-state index in [1.165, 1.54) is 16.4 Å². The first kappa shape index (κ1) is 20.6. The summed E-state index contributed by atoms with van der Waals surface area (Å²) in [4.78, 5) is 0.0369. The van der Waals surface area contributed by atoms with Gasteiger partial charge < -0.3 is 5.11 Å². The van der Waals surface area contributed by atoms with Crippen LogP contribution in [0.1, 0.15) is 25.8 Å². The zero-order chi connectivity index (χ0) is 19.2. The van der Waals surface area contributed by atoms with E-state index in [0.717, 1.165) is 17.7 Å². The van der Waals surface area contributed by atoms with Gasteiger partial charge in [-0.2, -0.15) is 4.31 Å². The van der Waals surface area contributed by atoms with Crippen LogP contribution in [0, 0.1) is 11.7 Å². The Labute approximate surface area is 155 Å². The van der Waals surface area contributed by atoms with Crippen LogP contribution in [0.25, 0.3) is 0 Å². The van der Waals surface area contributed by atoms with Crippen LogP contribution < -0.4 is 0 Å². The van der Waals surface area contributed by atoms with Crippen LogP contribution in [0.4, 0.5) is 4.39 Å². The largest absolute Gasteiger partial charge is 0.392 e. The lowest BCUT2D eigenvalue weighted by Crippen LogP contribution is -2.40. The maximum absolute atomic E-state index is 13.1. The summed E-state index contributed by atoms with van der Waals surface area (Å²) in [6.07, 6.45) is 0.371. The molecule has 0 aliphatic heterocycles. The third kappa shape index (κ3) is 5.90. The first-order valence-corrected chi connectivity index (χ1v) is 10.2. The number of nitrogens with zero attached hydrogens (tertiary/aromatic N) is 1. The van der Waals surface area contributed by atoms with Crippen LogP contribution in [0.5, 0.6) is 0 Å². The monoisotopic (exact) mass is 379 g/mol. The fourth-order valence-corrected chi connectivity index (χ4v) is 4.38. The van der Waals surface area contributed by atoms with E-state index in [9.17, 15) is 17.9 Å². The molecule has 0 unspecified atom stereocenters. The third-order valence-electron chi connectivity index (χ3n) is 4.04. The van der Waals surface area contributed by atoms with E-state index in [4.69, 9.17) is 0 Å². The van der Waals surface area contributed by atoms with Crippen molar-refractivity contribution in [1.29, 1.82) is 0 Å². The fourth-order valence-electron chi connectivity index (χ4n) is 2.74. The summed E-state index contributed by atoms with van der Waals surface area (Å²) in [5.41, 5.74) is 1.10. The van der Waals surface area contributed by atoms with Crippen molar-refractivity contribution in [3.05, 3.63) is 66.0 Å². The van der Waals surface area contributed by atoms with Gasteiger partial charge in [0.15, 0.2) is 0 Å². The van der Waals surface area contributed by atoms with E-state index in [1.54, 1.807) is 0 Å². The van der Waals surface area contributed by atoms with Crippen LogP contribution in [-0.2, 0) is 16.4 Å². The van der Waals surface area contributed by atoms with Gasteiger partial charge in [0.1, 0.15) is 5.82 Å². The lowest BCUT2D eigenvalue weighted by molar-refractivity contribution is 0.133. The number of aliphatic hydroxyl groups is 1. The Hall–Kier alpha value is -1.76. The van der Waals surface area contributed by atoms with Crippen LogP contribution >= 0.6 is 0 Å². The smallest absolute Gasteiger partial charge is 0.243 e. The molecule has 0 aliphatic rings. The molecule has 142 valence electrons. The molecular weight excluding hydrogens is 353 g/mol. The molecule has 0 bridgehead atoms. The van der Waals surface area contributed by atoms with Gasteiger partial charge in [0.05, 0.1) is 11.0 Å². The molecule has 0 heterocycles. The fraction of sp³-hybridized carbons (Fsp3) is 0.400. The third-order valence-corrected chi connectivity index (χ3v) is 5.89. The Kier molecular flexibility index (Phi) is 7.32. The topological polar surface area (TPSA) is 57.6 Å². The molecule has 2 rings (SSSR count). The van der Waals surface area contributed by atoms with Crippen LogP contribution in [0.15, 0.2) is 59.5 Å². The molecule has 6 heteroatoms. The van der Waals surface area contributed by atoms with Gasteiger partial charge in [-0.3, -0.25) is 0 Å². The second kappa shape index (κ2) is 9.26. The van der Waals surface area contributed by atoms with Crippen molar-refractivity contribution >= 4 is 10.0 Å². The van der Waals surface area contributed by atoms with Gasteiger partial charge in [-0.05, 0) is 48.6 Å².